The molecule has 0 saturated carbocycles. The number of hydrogen-bond acceptors (Lipinski definition) is 6. The van der Waals surface area contributed by atoms with Gasteiger partial charge in [-0.25, -0.2) is 14.6 Å². The smallest absolute Gasteiger partial charge is 0.272 e. The van der Waals surface area contributed by atoms with Gasteiger partial charge in [-0.15, -0.1) is 0 Å². The van der Waals surface area contributed by atoms with Crippen LogP contribution in [-0.4, -0.2) is 36.5 Å². The predicted octanol–water partition coefficient (Wildman–Crippen LogP) is 1.53. The van der Waals surface area contributed by atoms with E-state index in [1.807, 2.05) is 6.07 Å². The van der Waals surface area contributed by atoms with Crippen LogP contribution in [0.25, 0.3) is 5.82 Å². The molecule has 10 nitrogen and oxygen atoms in total. The number of pyridine rings is 2. The van der Waals surface area contributed by atoms with Gasteiger partial charge < -0.3 is 15.6 Å². The van der Waals surface area contributed by atoms with Crippen LogP contribution < -0.4 is 16.2 Å². The third-order valence-corrected chi connectivity index (χ3v) is 4.27. The molecular formula is C21H17N7O3. The highest BCUT2D eigenvalue weighted by atomic mass is 16.2. The molecule has 0 bridgehead atoms. The van der Waals surface area contributed by atoms with E-state index in [-0.39, 0.29) is 29.4 Å². The Morgan fingerprint density at radius 2 is 1.84 bits per heavy atom. The molecule has 0 aliphatic rings. The van der Waals surface area contributed by atoms with Gasteiger partial charge in [-0.1, -0.05) is 24.3 Å². The van der Waals surface area contributed by atoms with Crippen LogP contribution in [0.4, 0.5) is 5.69 Å². The molecule has 0 radical (unpaired) electrons. The molecule has 2 amide bonds. The van der Waals surface area contributed by atoms with Crippen molar-refractivity contribution in [1.29, 1.82) is 0 Å². The molecule has 0 aliphatic heterocycles. The molecule has 4 aromatic rings. The van der Waals surface area contributed by atoms with Crippen LogP contribution in [0.2, 0.25) is 0 Å². The summed E-state index contributed by atoms with van der Waals surface area (Å²) in [5.41, 5.74) is 1.36. The van der Waals surface area contributed by atoms with Crippen LogP contribution in [0, 0.1) is 0 Å². The summed E-state index contributed by atoms with van der Waals surface area (Å²) < 4.78 is 1.46. The highest BCUT2D eigenvalue weighted by Gasteiger charge is 2.10. The summed E-state index contributed by atoms with van der Waals surface area (Å²) in [6, 6.07) is 16.4. The van der Waals surface area contributed by atoms with Crippen molar-refractivity contribution in [3.8, 4) is 5.82 Å². The van der Waals surface area contributed by atoms with Crippen molar-refractivity contribution in [2.75, 3.05) is 5.32 Å². The maximum absolute atomic E-state index is 12.5. The van der Waals surface area contributed by atoms with Crippen molar-refractivity contribution >= 4 is 17.5 Å². The first-order valence-corrected chi connectivity index (χ1v) is 9.28. The maximum atomic E-state index is 12.5. The Kier molecular flexibility index (Phi) is 5.61. The van der Waals surface area contributed by atoms with Crippen LogP contribution in [0.3, 0.4) is 0 Å². The summed E-state index contributed by atoms with van der Waals surface area (Å²) in [6.07, 6.45) is 2.88. The first-order chi connectivity index (χ1) is 15.1. The number of carbonyl (C=O) groups excluding carboxylic acids is 2. The zero-order chi connectivity index (χ0) is 21.6. The molecule has 0 saturated heterocycles. The number of anilines is 1. The molecule has 154 valence electrons. The third kappa shape index (κ3) is 4.88. The third-order valence-electron chi connectivity index (χ3n) is 4.27. The lowest BCUT2D eigenvalue weighted by Gasteiger charge is -2.09. The lowest BCUT2D eigenvalue weighted by atomic mass is 10.2. The number of hydrogen-bond donors (Lipinski definition) is 3. The van der Waals surface area contributed by atoms with Gasteiger partial charge in [-0.05, 0) is 35.9 Å². The summed E-state index contributed by atoms with van der Waals surface area (Å²) in [7, 11) is 0. The minimum atomic E-state index is -0.437. The Labute approximate surface area is 176 Å². The topological polar surface area (TPSA) is 135 Å². The van der Waals surface area contributed by atoms with Crippen LogP contribution in [0.1, 0.15) is 26.5 Å². The number of aromatic nitrogens is 5. The van der Waals surface area contributed by atoms with E-state index in [2.05, 4.69) is 30.7 Å². The second-order valence-corrected chi connectivity index (χ2v) is 6.49. The average Bonchev–Trinajstić information content (AvgIpc) is 3.33. The van der Waals surface area contributed by atoms with E-state index in [1.165, 1.54) is 35.5 Å². The zero-order valence-electron chi connectivity index (χ0n) is 16.1. The van der Waals surface area contributed by atoms with Gasteiger partial charge in [0.05, 0.1) is 0 Å². The first kappa shape index (κ1) is 19.7. The van der Waals surface area contributed by atoms with Crippen molar-refractivity contribution in [2.45, 2.75) is 6.54 Å². The van der Waals surface area contributed by atoms with E-state index >= 15 is 0 Å². The fourth-order valence-electron chi connectivity index (χ4n) is 2.81. The van der Waals surface area contributed by atoms with Crippen molar-refractivity contribution in [1.82, 2.24) is 30.0 Å². The fourth-order valence-corrected chi connectivity index (χ4v) is 2.81. The number of benzene rings is 1. The lowest BCUT2D eigenvalue weighted by Crippen LogP contribution is -2.24. The van der Waals surface area contributed by atoms with Crippen molar-refractivity contribution in [3.63, 3.8) is 0 Å². The molecule has 31 heavy (non-hydrogen) atoms. The largest absolute Gasteiger partial charge is 0.347 e. The second kappa shape index (κ2) is 8.82. The van der Waals surface area contributed by atoms with Gasteiger partial charge in [0.2, 0.25) is 5.56 Å². The fraction of sp³-hybridized carbons (Fsp3) is 0.0476. The van der Waals surface area contributed by atoms with Gasteiger partial charge in [-0.3, -0.25) is 14.4 Å². The van der Waals surface area contributed by atoms with Gasteiger partial charge in [0.1, 0.15) is 24.0 Å². The Morgan fingerprint density at radius 3 is 2.65 bits per heavy atom. The molecular weight excluding hydrogens is 398 g/mol. The highest BCUT2D eigenvalue weighted by molar-refractivity contribution is 6.02. The van der Waals surface area contributed by atoms with Crippen LogP contribution in [-0.2, 0) is 6.54 Å². The average molecular weight is 415 g/mol. The van der Waals surface area contributed by atoms with E-state index in [0.717, 1.165) is 5.56 Å². The number of nitrogens with zero attached hydrogens (tertiary/aromatic N) is 4. The van der Waals surface area contributed by atoms with E-state index < -0.39 is 5.91 Å². The SMILES string of the molecule is O=C(NCc1cccc(NC(=O)c2cccc(=O)[nH]2)c1)c1cccc(-n2cncn2)n1. The van der Waals surface area contributed by atoms with Crippen LogP contribution in [0.5, 0.6) is 0 Å². The number of nitrogens with one attached hydrogen (secondary N) is 3. The van der Waals surface area contributed by atoms with Crippen LogP contribution in [0.15, 0.2) is 78.1 Å². The first-order valence-electron chi connectivity index (χ1n) is 9.28. The Morgan fingerprint density at radius 1 is 1.00 bits per heavy atom. The van der Waals surface area contributed by atoms with E-state index in [1.54, 1.807) is 36.4 Å². The molecule has 0 atom stereocenters. The molecule has 3 aromatic heterocycles. The van der Waals surface area contributed by atoms with Gasteiger partial charge in [0, 0.05) is 18.3 Å². The van der Waals surface area contributed by atoms with Crippen molar-refractivity contribution < 1.29 is 9.59 Å². The zero-order valence-corrected chi connectivity index (χ0v) is 16.1. The summed E-state index contributed by atoms with van der Waals surface area (Å²) >= 11 is 0. The highest BCUT2D eigenvalue weighted by Crippen LogP contribution is 2.12. The summed E-state index contributed by atoms with van der Waals surface area (Å²) in [5, 5.41) is 9.52. The minimum absolute atomic E-state index is 0.157. The van der Waals surface area contributed by atoms with Crippen molar-refractivity contribution in [2.24, 2.45) is 0 Å². The van der Waals surface area contributed by atoms with Gasteiger partial charge in [0.25, 0.3) is 11.8 Å². The lowest BCUT2D eigenvalue weighted by molar-refractivity contribution is 0.0945. The Balaban J connectivity index is 1.40. The maximum Gasteiger partial charge on any atom is 0.272 e. The molecule has 4 rings (SSSR count). The van der Waals surface area contributed by atoms with Gasteiger partial charge in [0.15, 0.2) is 5.82 Å². The predicted molar refractivity (Wildman–Crippen MR) is 112 cm³/mol. The molecule has 10 heteroatoms. The summed E-state index contributed by atoms with van der Waals surface area (Å²) in [5.74, 6) is -0.305. The van der Waals surface area contributed by atoms with Crippen molar-refractivity contribution in [3.05, 3.63) is 101 Å². The molecule has 3 N–H and O–H groups in total. The number of aromatic amines is 1. The Bertz CT molecular complexity index is 1280. The number of carbonyl (C=O) groups is 2. The Hall–Kier alpha value is -4.60. The van der Waals surface area contributed by atoms with Gasteiger partial charge in [-0.2, -0.15) is 5.10 Å². The quantitative estimate of drug-likeness (QED) is 0.437. The summed E-state index contributed by atoms with van der Waals surface area (Å²) in [4.78, 5) is 46.8. The molecule has 0 spiro atoms. The minimum Gasteiger partial charge on any atom is -0.347 e. The number of H-pyrrole nitrogens is 1. The van der Waals surface area contributed by atoms with E-state index in [0.29, 0.717) is 11.5 Å². The standard InChI is InChI=1S/C21H17N7O3/c29-19-9-3-7-17(27-19)21(31)25-15-5-1-4-14(10-15)11-23-20(30)16-6-2-8-18(26-16)28-13-22-12-24-28/h1-10,12-13H,11H2,(H,23,30)(H,25,31)(H,27,29). The molecule has 3 heterocycles. The molecule has 1 aromatic carbocycles. The molecule has 0 aliphatic carbocycles. The van der Waals surface area contributed by atoms with E-state index in [4.69, 9.17) is 0 Å². The monoisotopic (exact) mass is 415 g/mol. The number of rotatable bonds is 6. The number of amides is 2. The van der Waals surface area contributed by atoms with E-state index in [9.17, 15) is 14.4 Å². The molecule has 0 unspecified atom stereocenters. The normalized spacial score (nSPS) is 10.5. The second-order valence-electron chi connectivity index (χ2n) is 6.49. The van der Waals surface area contributed by atoms with Gasteiger partial charge >= 0.3 is 0 Å². The molecule has 0 fully saturated rings. The summed E-state index contributed by atoms with van der Waals surface area (Å²) in [6.45, 7) is 0.236. The van der Waals surface area contributed by atoms with Crippen LogP contribution >= 0.6 is 0 Å².